The number of thioether (sulfide) groups is 1. The number of methoxy groups -OCH3 is 1. The van der Waals surface area contributed by atoms with Crippen LogP contribution >= 0.6 is 11.8 Å². The average Bonchev–Trinajstić information content (AvgIpc) is 2.72. The van der Waals surface area contributed by atoms with Gasteiger partial charge in [0, 0.05) is 11.4 Å². The smallest absolute Gasteiger partial charge is 0.238 e. The second kappa shape index (κ2) is 10.7. The van der Waals surface area contributed by atoms with Crippen molar-refractivity contribution in [1.82, 2.24) is 10.2 Å². The van der Waals surface area contributed by atoms with Gasteiger partial charge in [0.25, 0.3) is 0 Å². The molecule has 0 fully saturated rings. The Balaban J connectivity index is 1.83. The summed E-state index contributed by atoms with van der Waals surface area (Å²) in [6.45, 7) is 2.33. The quantitative estimate of drug-likeness (QED) is 0.632. The first kappa shape index (κ1) is 21.8. The van der Waals surface area contributed by atoms with Gasteiger partial charge in [-0.3, -0.25) is 14.5 Å². The molecule has 0 bridgehead atoms. The van der Waals surface area contributed by atoms with E-state index in [0.717, 1.165) is 21.9 Å². The summed E-state index contributed by atoms with van der Waals surface area (Å²) in [5, 5.41) is 5.81. The van der Waals surface area contributed by atoms with Gasteiger partial charge in [0.15, 0.2) is 0 Å². The van der Waals surface area contributed by atoms with E-state index in [0.29, 0.717) is 6.54 Å². The van der Waals surface area contributed by atoms with Crippen molar-refractivity contribution in [2.24, 2.45) is 0 Å². The van der Waals surface area contributed by atoms with Gasteiger partial charge < -0.3 is 15.4 Å². The van der Waals surface area contributed by atoms with E-state index < -0.39 is 6.04 Å². The third kappa shape index (κ3) is 6.28. The van der Waals surface area contributed by atoms with Crippen LogP contribution in [0.25, 0.3) is 0 Å². The number of hydrogen-bond acceptors (Lipinski definition) is 5. The van der Waals surface area contributed by atoms with Gasteiger partial charge in [0.1, 0.15) is 5.75 Å². The normalized spacial score (nSPS) is 11.8. The van der Waals surface area contributed by atoms with Crippen LogP contribution in [-0.4, -0.2) is 49.7 Å². The van der Waals surface area contributed by atoms with Crippen LogP contribution in [0.5, 0.6) is 5.75 Å². The van der Waals surface area contributed by atoms with E-state index in [1.807, 2.05) is 54.8 Å². The van der Waals surface area contributed by atoms with Crippen LogP contribution in [0.2, 0.25) is 0 Å². The van der Waals surface area contributed by atoms with Crippen LogP contribution in [0.1, 0.15) is 12.5 Å². The van der Waals surface area contributed by atoms with Crippen LogP contribution in [0.4, 0.5) is 5.69 Å². The first-order valence-corrected chi connectivity index (χ1v) is 10.2. The molecule has 0 radical (unpaired) electrons. The Bertz CT molecular complexity index is 796. The Labute approximate surface area is 170 Å². The lowest BCUT2D eigenvalue weighted by molar-refractivity contribution is -0.126. The molecule has 0 heterocycles. The van der Waals surface area contributed by atoms with Crippen LogP contribution in [0.15, 0.2) is 53.4 Å². The molecule has 2 rings (SSSR count). The zero-order chi connectivity index (χ0) is 20.5. The Morgan fingerprint density at radius 2 is 1.82 bits per heavy atom. The lowest BCUT2D eigenvalue weighted by Gasteiger charge is -2.23. The van der Waals surface area contributed by atoms with Crippen molar-refractivity contribution < 1.29 is 14.3 Å². The van der Waals surface area contributed by atoms with Gasteiger partial charge in [-0.15, -0.1) is 11.8 Å². The molecule has 2 amide bonds. The minimum absolute atomic E-state index is 0.125. The molecule has 2 N–H and O–H groups in total. The molecular weight excluding hydrogens is 374 g/mol. The lowest BCUT2D eigenvalue weighted by Crippen LogP contribution is -2.45. The molecule has 6 nitrogen and oxygen atoms in total. The first-order chi connectivity index (χ1) is 13.4. The molecule has 28 heavy (non-hydrogen) atoms. The Kier molecular flexibility index (Phi) is 8.35. The number of anilines is 1. The second-order valence-electron chi connectivity index (χ2n) is 6.41. The number of ether oxygens (including phenoxy) is 1. The summed E-state index contributed by atoms with van der Waals surface area (Å²) in [5.74, 6) is 0.492. The minimum Gasteiger partial charge on any atom is -0.497 e. The van der Waals surface area contributed by atoms with E-state index in [4.69, 9.17) is 4.74 Å². The number of amides is 2. The summed E-state index contributed by atoms with van der Waals surface area (Å²) in [4.78, 5) is 27.5. The molecule has 150 valence electrons. The standard InChI is InChI=1S/C21H27N3O3S/c1-15(21(26)22-13-16-9-11-17(27-3)12-10-16)24(2)14-20(25)23-18-7-5-6-8-19(18)28-4/h5-12,15H,13-14H2,1-4H3,(H,22,26)(H,23,25). The van der Waals surface area contributed by atoms with Gasteiger partial charge in [-0.05, 0) is 50.1 Å². The number of para-hydroxylation sites is 1. The molecule has 0 spiro atoms. The molecule has 1 atom stereocenters. The van der Waals surface area contributed by atoms with Gasteiger partial charge >= 0.3 is 0 Å². The molecular formula is C21H27N3O3S. The fraction of sp³-hybridized carbons (Fsp3) is 0.333. The molecule has 0 saturated heterocycles. The van der Waals surface area contributed by atoms with E-state index in [1.54, 1.807) is 37.7 Å². The van der Waals surface area contributed by atoms with Crippen LogP contribution in [-0.2, 0) is 16.1 Å². The van der Waals surface area contributed by atoms with E-state index in [2.05, 4.69) is 10.6 Å². The molecule has 0 aliphatic carbocycles. The fourth-order valence-corrected chi connectivity index (χ4v) is 3.14. The predicted octanol–water partition coefficient (Wildman–Crippen LogP) is 2.99. The number of benzene rings is 2. The number of nitrogens with zero attached hydrogens (tertiary/aromatic N) is 1. The van der Waals surface area contributed by atoms with Crippen molar-refractivity contribution in [3.63, 3.8) is 0 Å². The van der Waals surface area contributed by atoms with Gasteiger partial charge in [-0.1, -0.05) is 24.3 Å². The molecule has 1 unspecified atom stereocenters. The predicted molar refractivity (Wildman–Crippen MR) is 114 cm³/mol. The van der Waals surface area contributed by atoms with Crippen LogP contribution in [0, 0.1) is 0 Å². The minimum atomic E-state index is -0.431. The van der Waals surface area contributed by atoms with Crippen molar-refractivity contribution in [1.29, 1.82) is 0 Å². The summed E-state index contributed by atoms with van der Waals surface area (Å²) in [7, 11) is 3.38. The first-order valence-electron chi connectivity index (χ1n) is 8.98. The third-order valence-corrected chi connectivity index (χ3v) is 5.24. The van der Waals surface area contributed by atoms with Gasteiger partial charge in [-0.25, -0.2) is 0 Å². The van der Waals surface area contributed by atoms with E-state index in [9.17, 15) is 9.59 Å². The summed E-state index contributed by atoms with van der Waals surface area (Å²) in [5.41, 5.74) is 1.76. The topological polar surface area (TPSA) is 70.7 Å². The van der Waals surface area contributed by atoms with Gasteiger partial charge in [0.2, 0.25) is 11.8 Å². The number of rotatable bonds is 9. The molecule has 7 heteroatoms. The van der Waals surface area contributed by atoms with Crippen LogP contribution in [0.3, 0.4) is 0 Å². The summed E-state index contributed by atoms with van der Waals surface area (Å²) in [6, 6.07) is 14.7. The Morgan fingerprint density at radius 1 is 1.14 bits per heavy atom. The summed E-state index contributed by atoms with van der Waals surface area (Å²) >= 11 is 1.57. The van der Waals surface area contributed by atoms with Crippen molar-refractivity contribution in [3.05, 3.63) is 54.1 Å². The lowest BCUT2D eigenvalue weighted by atomic mass is 10.2. The monoisotopic (exact) mass is 401 g/mol. The molecule has 0 aliphatic rings. The number of likely N-dealkylation sites (N-methyl/N-ethyl adjacent to an activating group) is 1. The van der Waals surface area contributed by atoms with Crippen molar-refractivity contribution in [2.75, 3.05) is 32.3 Å². The van der Waals surface area contributed by atoms with Crippen LogP contribution < -0.4 is 15.4 Å². The average molecular weight is 402 g/mol. The number of nitrogens with one attached hydrogen (secondary N) is 2. The Morgan fingerprint density at radius 3 is 2.46 bits per heavy atom. The largest absolute Gasteiger partial charge is 0.497 e. The zero-order valence-corrected chi connectivity index (χ0v) is 17.5. The third-order valence-electron chi connectivity index (χ3n) is 4.44. The molecule has 0 aliphatic heterocycles. The second-order valence-corrected chi connectivity index (χ2v) is 7.25. The molecule has 2 aromatic carbocycles. The fourth-order valence-electron chi connectivity index (χ4n) is 2.58. The zero-order valence-electron chi connectivity index (χ0n) is 16.7. The van der Waals surface area contributed by atoms with E-state index >= 15 is 0 Å². The van der Waals surface area contributed by atoms with Gasteiger partial charge in [-0.2, -0.15) is 0 Å². The maximum atomic E-state index is 12.4. The number of carbonyl (C=O) groups is 2. The van der Waals surface area contributed by atoms with E-state index in [1.165, 1.54) is 0 Å². The highest BCUT2D eigenvalue weighted by molar-refractivity contribution is 7.98. The summed E-state index contributed by atoms with van der Waals surface area (Å²) in [6.07, 6.45) is 1.96. The van der Waals surface area contributed by atoms with Crippen molar-refractivity contribution in [2.45, 2.75) is 24.4 Å². The van der Waals surface area contributed by atoms with Crippen molar-refractivity contribution in [3.8, 4) is 5.75 Å². The highest BCUT2D eigenvalue weighted by Gasteiger charge is 2.20. The SMILES string of the molecule is COc1ccc(CNC(=O)C(C)N(C)CC(=O)Nc2ccccc2SC)cc1. The Hall–Kier alpha value is -2.51. The number of hydrogen-bond donors (Lipinski definition) is 2. The summed E-state index contributed by atoms with van der Waals surface area (Å²) < 4.78 is 5.13. The van der Waals surface area contributed by atoms with Gasteiger partial charge in [0.05, 0.1) is 25.4 Å². The number of carbonyl (C=O) groups excluding carboxylic acids is 2. The molecule has 0 saturated carbocycles. The van der Waals surface area contributed by atoms with Crippen molar-refractivity contribution >= 4 is 29.3 Å². The highest BCUT2D eigenvalue weighted by Crippen LogP contribution is 2.24. The highest BCUT2D eigenvalue weighted by atomic mass is 32.2. The maximum Gasteiger partial charge on any atom is 0.238 e. The maximum absolute atomic E-state index is 12.4. The van der Waals surface area contributed by atoms with E-state index in [-0.39, 0.29) is 18.4 Å². The molecule has 2 aromatic rings. The molecule has 0 aromatic heterocycles.